The molecule has 0 spiro atoms. The fraction of sp³-hybridized carbons (Fsp3) is 0.389. The summed E-state index contributed by atoms with van der Waals surface area (Å²) in [6.07, 6.45) is 1.28. The van der Waals surface area contributed by atoms with Crippen molar-refractivity contribution in [3.8, 4) is 5.75 Å². The molecule has 1 aliphatic rings. The Kier molecular flexibility index (Phi) is 7.08. The van der Waals surface area contributed by atoms with Crippen molar-refractivity contribution in [3.05, 3.63) is 40.4 Å². The van der Waals surface area contributed by atoms with E-state index in [0.29, 0.717) is 16.3 Å². The van der Waals surface area contributed by atoms with Crippen LogP contribution in [0.5, 0.6) is 5.75 Å². The van der Waals surface area contributed by atoms with Gasteiger partial charge in [0.2, 0.25) is 5.91 Å². The van der Waals surface area contributed by atoms with Crippen molar-refractivity contribution in [2.75, 3.05) is 32.6 Å². The molecule has 8 heteroatoms. The molecule has 0 aliphatic carbocycles. The number of benzene rings is 1. The van der Waals surface area contributed by atoms with Crippen LogP contribution in [0, 0.1) is 6.92 Å². The summed E-state index contributed by atoms with van der Waals surface area (Å²) in [5.41, 5.74) is 1.24. The zero-order valence-corrected chi connectivity index (χ0v) is 15.8. The van der Waals surface area contributed by atoms with Crippen LogP contribution < -0.4 is 4.74 Å². The third-order valence-electron chi connectivity index (χ3n) is 3.56. The number of hydrogen-bond acceptors (Lipinski definition) is 7. The minimum atomic E-state index is -0.527. The lowest BCUT2D eigenvalue weighted by Gasteiger charge is -2.17. The van der Waals surface area contributed by atoms with E-state index in [1.54, 1.807) is 19.1 Å². The Bertz CT molecular complexity index is 730. The molecule has 0 bridgehead atoms. The summed E-state index contributed by atoms with van der Waals surface area (Å²) < 4.78 is 15.3. The van der Waals surface area contributed by atoms with Crippen LogP contribution in [-0.2, 0) is 19.1 Å². The molecule has 1 saturated heterocycles. The predicted molar refractivity (Wildman–Crippen MR) is 96.9 cm³/mol. The van der Waals surface area contributed by atoms with E-state index in [-0.39, 0.29) is 31.4 Å². The number of nitrogens with zero attached hydrogens (tertiary/aromatic N) is 1. The number of rotatable bonds is 7. The molecule has 1 aromatic carbocycles. The van der Waals surface area contributed by atoms with Crippen LogP contribution in [0.25, 0.3) is 0 Å². The molecule has 0 saturated carbocycles. The molecule has 0 N–H and O–H groups in total. The molecule has 26 heavy (non-hydrogen) atoms. The third-order valence-corrected chi connectivity index (χ3v) is 4.59. The molecule has 1 aliphatic heterocycles. The third kappa shape index (κ3) is 5.01. The Labute approximate surface area is 156 Å². The highest BCUT2D eigenvalue weighted by Gasteiger charge is 2.27. The summed E-state index contributed by atoms with van der Waals surface area (Å²) >= 11 is 1.25. The number of methoxy groups -OCH3 is 1. The molecule has 1 fully saturated rings. The minimum Gasteiger partial charge on any atom is -0.496 e. The standard InChI is InChI=1S/C18H21NO6S/c1-4-24-17(21)10-16-19(15(20)11-26-16)7-8-25-18(22)13-9-12(2)5-6-14(13)23-3/h5-6,9-10H,4,7-8,11H2,1-3H3/b16-10-. The van der Waals surface area contributed by atoms with Crippen LogP contribution in [0.3, 0.4) is 0 Å². The molecule has 1 aromatic rings. The van der Waals surface area contributed by atoms with Crippen LogP contribution in [-0.4, -0.2) is 55.4 Å². The van der Waals surface area contributed by atoms with Crippen molar-refractivity contribution >= 4 is 29.6 Å². The number of amides is 1. The number of carbonyl (C=O) groups is 3. The zero-order valence-electron chi connectivity index (χ0n) is 14.9. The monoisotopic (exact) mass is 379 g/mol. The lowest BCUT2D eigenvalue weighted by molar-refractivity contribution is -0.137. The Morgan fingerprint density at radius 1 is 1.31 bits per heavy atom. The van der Waals surface area contributed by atoms with Gasteiger partial charge in [-0.05, 0) is 26.0 Å². The average Bonchev–Trinajstić information content (AvgIpc) is 2.95. The van der Waals surface area contributed by atoms with Crippen molar-refractivity contribution in [2.24, 2.45) is 0 Å². The predicted octanol–water partition coefficient (Wildman–Crippen LogP) is 2.14. The van der Waals surface area contributed by atoms with Gasteiger partial charge in [-0.15, -0.1) is 0 Å². The molecular weight excluding hydrogens is 358 g/mol. The van der Waals surface area contributed by atoms with Crippen LogP contribution in [0.4, 0.5) is 0 Å². The number of hydrogen-bond donors (Lipinski definition) is 0. The lowest BCUT2D eigenvalue weighted by Crippen LogP contribution is -2.29. The van der Waals surface area contributed by atoms with E-state index in [1.165, 1.54) is 29.8 Å². The average molecular weight is 379 g/mol. The van der Waals surface area contributed by atoms with E-state index in [4.69, 9.17) is 14.2 Å². The number of ether oxygens (including phenoxy) is 3. The van der Waals surface area contributed by atoms with Gasteiger partial charge < -0.3 is 19.1 Å². The van der Waals surface area contributed by atoms with E-state index in [0.717, 1.165) is 5.56 Å². The SMILES string of the molecule is CCOC(=O)/C=C1\SCC(=O)N1CCOC(=O)c1cc(C)ccc1OC. The van der Waals surface area contributed by atoms with Gasteiger partial charge in [-0.25, -0.2) is 9.59 Å². The van der Waals surface area contributed by atoms with Crippen LogP contribution in [0.2, 0.25) is 0 Å². The molecule has 2 rings (SSSR count). The summed E-state index contributed by atoms with van der Waals surface area (Å²) in [6, 6.07) is 5.22. The fourth-order valence-electron chi connectivity index (χ4n) is 2.34. The maximum absolute atomic E-state index is 12.3. The highest BCUT2D eigenvalue weighted by molar-refractivity contribution is 8.04. The van der Waals surface area contributed by atoms with Gasteiger partial charge in [0.1, 0.15) is 17.9 Å². The smallest absolute Gasteiger partial charge is 0.341 e. The van der Waals surface area contributed by atoms with Crippen molar-refractivity contribution in [3.63, 3.8) is 0 Å². The molecule has 0 atom stereocenters. The first-order valence-electron chi connectivity index (χ1n) is 8.09. The maximum atomic E-state index is 12.3. The topological polar surface area (TPSA) is 82.1 Å². The van der Waals surface area contributed by atoms with Gasteiger partial charge >= 0.3 is 11.9 Å². The lowest BCUT2D eigenvalue weighted by atomic mass is 10.1. The zero-order chi connectivity index (χ0) is 19.1. The second kappa shape index (κ2) is 9.28. The van der Waals surface area contributed by atoms with Gasteiger partial charge in [0.25, 0.3) is 0 Å². The van der Waals surface area contributed by atoms with Gasteiger partial charge in [0, 0.05) is 0 Å². The quantitative estimate of drug-likeness (QED) is 0.530. The molecular formula is C18H21NO6S. The largest absolute Gasteiger partial charge is 0.496 e. The van der Waals surface area contributed by atoms with Crippen LogP contribution in [0.1, 0.15) is 22.8 Å². The number of aryl methyl sites for hydroxylation is 1. The van der Waals surface area contributed by atoms with Gasteiger partial charge in [0.15, 0.2) is 0 Å². The summed E-state index contributed by atoms with van der Waals surface area (Å²) in [4.78, 5) is 37.2. The Morgan fingerprint density at radius 2 is 2.08 bits per heavy atom. The maximum Gasteiger partial charge on any atom is 0.341 e. The van der Waals surface area contributed by atoms with E-state index in [2.05, 4.69) is 0 Å². The molecule has 1 amide bonds. The molecule has 0 aromatic heterocycles. The van der Waals surface area contributed by atoms with Crippen molar-refractivity contribution < 1.29 is 28.6 Å². The van der Waals surface area contributed by atoms with Crippen LogP contribution in [0.15, 0.2) is 29.3 Å². The van der Waals surface area contributed by atoms with Crippen molar-refractivity contribution in [1.82, 2.24) is 4.90 Å². The Hall–Kier alpha value is -2.48. The highest BCUT2D eigenvalue weighted by Crippen LogP contribution is 2.28. The second-order valence-corrected chi connectivity index (χ2v) is 6.40. The van der Waals surface area contributed by atoms with Gasteiger partial charge in [-0.1, -0.05) is 23.4 Å². The van der Waals surface area contributed by atoms with Gasteiger partial charge in [0.05, 0.1) is 37.1 Å². The molecule has 0 unspecified atom stereocenters. The fourth-order valence-corrected chi connectivity index (χ4v) is 3.30. The molecule has 0 radical (unpaired) electrons. The first kappa shape index (κ1) is 19.8. The first-order chi connectivity index (χ1) is 12.5. The van der Waals surface area contributed by atoms with Crippen LogP contribution >= 0.6 is 11.8 Å². The number of esters is 2. The summed E-state index contributed by atoms with van der Waals surface area (Å²) in [5, 5.41) is 0.498. The number of thioether (sulfide) groups is 1. The Morgan fingerprint density at radius 3 is 2.77 bits per heavy atom. The van der Waals surface area contributed by atoms with E-state index < -0.39 is 11.9 Å². The van der Waals surface area contributed by atoms with Gasteiger partial charge in [-0.3, -0.25) is 4.79 Å². The Balaban J connectivity index is 1.97. The minimum absolute atomic E-state index is 0.00238. The molecule has 140 valence electrons. The first-order valence-corrected chi connectivity index (χ1v) is 9.08. The normalized spacial score (nSPS) is 15.3. The summed E-state index contributed by atoms with van der Waals surface area (Å²) in [7, 11) is 1.48. The summed E-state index contributed by atoms with van der Waals surface area (Å²) in [5.74, 6) is -0.506. The van der Waals surface area contributed by atoms with Gasteiger partial charge in [-0.2, -0.15) is 0 Å². The highest BCUT2D eigenvalue weighted by atomic mass is 32.2. The molecule has 1 heterocycles. The van der Waals surface area contributed by atoms with E-state index in [9.17, 15) is 14.4 Å². The summed E-state index contributed by atoms with van der Waals surface area (Å²) in [6.45, 7) is 4.00. The van der Waals surface area contributed by atoms with Crippen molar-refractivity contribution in [2.45, 2.75) is 13.8 Å². The number of carbonyl (C=O) groups excluding carboxylic acids is 3. The van der Waals surface area contributed by atoms with E-state index in [1.807, 2.05) is 13.0 Å². The van der Waals surface area contributed by atoms with E-state index >= 15 is 0 Å². The van der Waals surface area contributed by atoms with Crippen molar-refractivity contribution in [1.29, 1.82) is 0 Å². The molecule has 7 nitrogen and oxygen atoms in total. The second-order valence-electron chi connectivity index (χ2n) is 5.41.